The zero-order valence-corrected chi connectivity index (χ0v) is 19.1. The van der Waals surface area contributed by atoms with Crippen molar-refractivity contribution in [2.24, 2.45) is 11.8 Å². The first-order valence-electron chi connectivity index (χ1n) is 9.11. The molecular weight excluding hydrogens is 415 g/mol. The fraction of sp³-hybridized carbons (Fsp3) is 0.474. The van der Waals surface area contributed by atoms with Gasteiger partial charge in [-0.1, -0.05) is 52.1 Å². The van der Waals surface area contributed by atoms with Gasteiger partial charge in [0.05, 0.1) is 24.4 Å². The molecule has 1 aromatic carbocycles. The van der Waals surface area contributed by atoms with E-state index in [-0.39, 0.29) is 42.3 Å². The molecule has 0 radical (unpaired) electrons. The van der Waals surface area contributed by atoms with Crippen molar-refractivity contribution in [1.29, 1.82) is 0 Å². The van der Waals surface area contributed by atoms with Crippen LogP contribution in [0.1, 0.15) is 32.8 Å². The van der Waals surface area contributed by atoms with Gasteiger partial charge in [-0.15, -0.1) is 0 Å². The van der Waals surface area contributed by atoms with Gasteiger partial charge < -0.3 is 14.1 Å². The van der Waals surface area contributed by atoms with E-state index in [1.807, 2.05) is 48.8 Å². The van der Waals surface area contributed by atoms with Crippen LogP contribution in [0.15, 0.2) is 30.3 Å². The molecule has 9 heteroatoms. The first-order chi connectivity index (χ1) is 13.4. The largest absolute Gasteiger partial charge is 0.466 e. The van der Waals surface area contributed by atoms with Gasteiger partial charge in [-0.2, -0.15) is 0 Å². The number of benzene rings is 1. The molecule has 1 amide bonds. The molecule has 1 aliphatic heterocycles. The van der Waals surface area contributed by atoms with Crippen molar-refractivity contribution in [1.82, 2.24) is 4.67 Å². The van der Waals surface area contributed by atoms with Crippen LogP contribution in [0.4, 0.5) is 0 Å². The first kappa shape index (κ1) is 22.9. The van der Waals surface area contributed by atoms with Crippen LogP contribution < -0.4 is 0 Å². The highest BCUT2D eigenvalue weighted by Crippen LogP contribution is 2.55. The monoisotopic (exact) mass is 441 g/mol. The van der Waals surface area contributed by atoms with E-state index in [9.17, 15) is 14.4 Å². The number of carbonyl (C=O) groups is 3. The Morgan fingerprint density at radius 2 is 1.96 bits per heavy atom. The van der Waals surface area contributed by atoms with E-state index in [1.54, 1.807) is 0 Å². The molecule has 0 bridgehead atoms. The highest BCUT2D eigenvalue weighted by Gasteiger charge is 2.47. The number of ether oxygens (including phenoxy) is 2. The average molecular weight is 441 g/mol. The van der Waals surface area contributed by atoms with E-state index in [4.69, 9.17) is 9.47 Å². The molecule has 1 heterocycles. The summed E-state index contributed by atoms with van der Waals surface area (Å²) in [6, 6.07) is 9.64. The fourth-order valence-corrected chi connectivity index (χ4v) is 8.03. The van der Waals surface area contributed by atoms with Crippen molar-refractivity contribution in [3.8, 4) is 0 Å². The Balaban J connectivity index is 1.76. The minimum atomic E-state index is -0.343. The smallest absolute Gasteiger partial charge is 0.335 e. The molecule has 2 unspecified atom stereocenters. The molecule has 4 atom stereocenters. The number of β-lactam (4-membered cyclic amide) rings is 1. The Kier molecular flexibility index (Phi) is 9.51. The summed E-state index contributed by atoms with van der Waals surface area (Å²) in [6.45, 7) is 6.06. The SMILES string of the molecule is CC(=O)OCC[C@H]1[C@H](C(C)C)C(=O)N1PPP=CC(=O)OCc1ccccc1. The van der Waals surface area contributed by atoms with Gasteiger partial charge in [0, 0.05) is 21.8 Å². The molecule has 0 N–H and O–H groups in total. The Bertz CT molecular complexity index is 711. The molecule has 2 rings (SSSR count). The Morgan fingerprint density at radius 3 is 2.61 bits per heavy atom. The lowest BCUT2D eigenvalue weighted by Crippen LogP contribution is -2.58. The zero-order valence-electron chi connectivity index (χ0n) is 16.3. The summed E-state index contributed by atoms with van der Waals surface area (Å²) >= 11 is 0. The molecule has 0 spiro atoms. The number of hydrogen-bond donors (Lipinski definition) is 0. The second kappa shape index (κ2) is 11.6. The van der Waals surface area contributed by atoms with E-state index in [1.165, 1.54) is 12.7 Å². The maximum Gasteiger partial charge on any atom is 0.335 e. The maximum atomic E-state index is 12.4. The van der Waals surface area contributed by atoms with Crippen molar-refractivity contribution >= 4 is 47.9 Å². The molecular formula is C19H26NO5P3. The standard InChI is InChI=1S/C19H26NO5P3/c1-13(2)18-16(9-10-24-14(3)21)20(19(18)23)27-28-26-12-17(22)25-11-15-7-5-4-6-8-15/h4-8,12-13,16,18,27-28H,9-11H2,1-3H3/t16-,18-/m0/s1. The van der Waals surface area contributed by atoms with Crippen LogP contribution in [-0.2, 0) is 30.5 Å². The summed E-state index contributed by atoms with van der Waals surface area (Å²) in [6.07, 6.45) is 0.658. The predicted molar refractivity (Wildman–Crippen MR) is 116 cm³/mol. The molecule has 152 valence electrons. The maximum absolute atomic E-state index is 12.4. The topological polar surface area (TPSA) is 72.9 Å². The number of amides is 1. The third-order valence-electron chi connectivity index (χ3n) is 4.33. The third-order valence-corrected chi connectivity index (χ3v) is 9.56. The minimum Gasteiger partial charge on any atom is -0.466 e. The molecule has 0 aromatic heterocycles. The lowest BCUT2D eigenvalue weighted by Gasteiger charge is -2.48. The van der Waals surface area contributed by atoms with E-state index in [2.05, 4.69) is 0 Å². The van der Waals surface area contributed by atoms with Crippen LogP contribution in [0.2, 0.25) is 0 Å². The van der Waals surface area contributed by atoms with Crippen LogP contribution in [0.3, 0.4) is 0 Å². The highest BCUT2D eigenvalue weighted by molar-refractivity contribution is 8.42. The van der Waals surface area contributed by atoms with E-state index >= 15 is 0 Å². The molecule has 6 nitrogen and oxygen atoms in total. The summed E-state index contributed by atoms with van der Waals surface area (Å²) < 4.78 is 12.1. The minimum absolute atomic E-state index is 0.00987. The van der Waals surface area contributed by atoms with Gasteiger partial charge in [-0.3, -0.25) is 9.59 Å². The molecule has 1 aromatic rings. The number of nitrogens with zero attached hydrogens (tertiary/aromatic N) is 1. The number of esters is 2. The Hall–Kier alpha value is -1.34. The van der Waals surface area contributed by atoms with Crippen molar-refractivity contribution in [3.05, 3.63) is 35.9 Å². The second-order valence-corrected chi connectivity index (χ2v) is 12.3. The van der Waals surface area contributed by atoms with Gasteiger partial charge >= 0.3 is 11.9 Å². The molecule has 1 saturated heterocycles. The Morgan fingerprint density at radius 1 is 1.25 bits per heavy atom. The Labute approximate surface area is 170 Å². The summed E-state index contributed by atoms with van der Waals surface area (Å²) in [7, 11) is 1.62. The number of carbonyl (C=O) groups excluding carboxylic acids is 3. The van der Waals surface area contributed by atoms with Crippen molar-refractivity contribution in [3.63, 3.8) is 0 Å². The fourth-order valence-electron chi connectivity index (χ4n) is 3.00. The van der Waals surface area contributed by atoms with Crippen molar-refractivity contribution in [2.45, 2.75) is 39.8 Å². The summed E-state index contributed by atoms with van der Waals surface area (Å²) in [5, 5.41) is 0. The normalized spacial score (nSPS) is 19.9. The quantitative estimate of drug-likeness (QED) is 0.312. The van der Waals surface area contributed by atoms with Gasteiger partial charge in [0.25, 0.3) is 0 Å². The molecule has 0 aliphatic carbocycles. The zero-order chi connectivity index (χ0) is 20.5. The number of rotatable bonds is 10. The van der Waals surface area contributed by atoms with Gasteiger partial charge in [0.2, 0.25) is 5.91 Å². The van der Waals surface area contributed by atoms with Crippen LogP contribution in [-0.4, -0.2) is 41.0 Å². The van der Waals surface area contributed by atoms with Crippen molar-refractivity contribution < 1.29 is 23.9 Å². The van der Waals surface area contributed by atoms with Gasteiger partial charge in [-0.05, 0) is 19.4 Å². The summed E-state index contributed by atoms with van der Waals surface area (Å²) in [4.78, 5) is 35.2. The molecule has 1 aliphatic rings. The molecule has 28 heavy (non-hydrogen) atoms. The molecule has 0 saturated carbocycles. The van der Waals surface area contributed by atoms with E-state index < -0.39 is 0 Å². The first-order valence-corrected chi connectivity index (χ1v) is 13.9. The van der Waals surface area contributed by atoms with Gasteiger partial charge in [0.15, 0.2) is 0 Å². The van der Waals surface area contributed by atoms with Crippen molar-refractivity contribution in [2.75, 3.05) is 6.61 Å². The van der Waals surface area contributed by atoms with Gasteiger partial charge in [0.1, 0.15) is 6.61 Å². The average Bonchev–Trinajstić information content (AvgIpc) is 2.65. The number of hydrogen-bond acceptors (Lipinski definition) is 5. The van der Waals surface area contributed by atoms with E-state index in [0.29, 0.717) is 29.4 Å². The molecule has 1 fully saturated rings. The third kappa shape index (κ3) is 6.92. The van der Waals surface area contributed by atoms with Gasteiger partial charge in [-0.25, -0.2) is 4.79 Å². The van der Waals surface area contributed by atoms with Crippen LogP contribution >= 0.6 is 24.3 Å². The van der Waals surface area contributed by atoms with E-state index in [0.717, 1.165) is 13.5 Å². The highest BCUT2D eigenvalue weighted by atomic mass is 32.4. The van der Waals surface area contributed by atoms with Crippen LogP contribution in [0, 0.1) is 11.8 Å². The lowest BCUT2D eigenvalue weighted by atomic mass is 9.80. The second-order valence-electron chi connectivity index (χ2n) is 6.75. The van der Waals surface area contributed by atoms with Crippen LogP contribution in [0.25, 0.3) is 0 Å². The lowest BCUT2D eigenvalue weighted by molar-refractivity contribution is -0.150. The summed E-state index contributed by atoms with van der Waals surface area (Å²) in [5.74, 6) is 1.29. The summed E-state index contributed by atoms with van der Waals surface area (Å²) in [5.41, 5.74) is 0.951. The predicted octanol–water partition coefficient (Wildman–Crippen LogP) is 4.02. The van der Waals surface area contributed by atoms with Crippen LogP contribution in [0.5, 0.6) is 0 Å².